The highest BCUT2D eigenvalue weighted by atomic mass is 32.2. The molecule has 1 aliphatic rings. The van der Waals surface area contributed by atoms with Crippen molar-refractivity contribution in [1.29, 1.82) is 0 Å². The van der Waals surface area contributed by atoms with E-state index in [0.29, 0.717) is 56.0 Å². The van der Waals surface area contributed by atoms with Crippen LogP contribution in [0.5, 0.6) is 0 Å². The minimum atomic E-state index is -3.61. The molecule has 9 nitrogen and oxygen atoms in total. The molecule has 0 bridgehead atoms. The molecule has 1 saturated heterocycles. The van der Waals surface area contributed by atoms with Crippen LogP contribution in [0.1, 0.15) is 17.3 Å². The van der Waals surface area contributed by atoms with Crippen LogP contribution in [0.25, 0.3) is 11.5 Å². The molecule has 1 aromatic carbocycles. The predicted molar refractivity (Wildman–Crippen MR) is 99.7 cm³/mol. The van der Waals surface area contributed by atoms with Crippen molar-refractivity contribution >= 4 is 10.0 Å². The summed E-state index contributed by atoms with van der Waals surface area (Å²) in [7, 11) is -3.61. The Labute approximate surface area is 163 Å². The van der Waals surface area contributed by atoms with Gasteiger partial charge in [-0.05, 0) is 26.0 Å². The summed E-state index contributed by atoms with van der Waals surface area (Å²) in [5, 5.41) is 12.0. The third-order valence-electron chi connectivity index (χ3n) is 4.74. The molecule has 1 aliphatic heterocycles. The summed E-state index contributed by atoms with van der Waals surface area (Å²) in [5.74, 6) is 1.32. The van der Waals surface area contributed by atoms with Gasteiger partial charge in [0.25, 0.3) is 0 Å². The number of hydrogen-bond donors (Lipinski definition) is 0. The molecule has 0 saturated carbocycles. The fourth-order valence-electron chi connectivity index (χ4n) is 3.31. The first-order valence-electron chi connectivity index (χ1n) is 8.98. The second-order valence-corrected chi connectivity index (χ2v) is 8.58. The zero-order valence-corrected chi connectivity index (χ0v) is 16.5. The molecular weight excluding hydrogens is 382 g/mol. The number of hydrogen-bond acceptors (Lipinski definition) is 8. The van der Waals surface area contributed by atoms with Gasteiger partial charge in [0.05, 0.1) is 6.54 Å². The zero-order valence-electron chi connectivity index (χ0n) is 15.7. The van der Waals surface area contributed by atoms with E-state index in [1.165, 1.54) is 4.31 Å². The molecule has 0 aliphatic carbocycles. The predicted octanol–water partition coefficient (Wildman–Crippen LogP) is 1.85. The van der Waals surface area contributed by atoms with Crippen LogP contribution in [0.3, 0.4) is 0 Å². The van der Waals surface area contributed by atoms with Gasteiger partial charge in [0, 0.05) is 31.7 Å². The van der Waals surface area contributed by atoms with E-state index in [-0.39, 0.29) is 4.90 Å². The van der Waals surface area contributed by atoms with Crippen LogP contribution in [0.15, 0.2) is 44.2 Å². The van der Waals surface area contributed by atoms with E-state index in [9.17, 15) is 8.42 Å². The number of piperazine rings is 1. The summed E-state index contributed by atoms with van der Waals surface area (Å²) < 4.78 is 38.0. The Kier molecular flexibility index (Phi) is 5.00. The van der Waals surface area contributed by atoms with Crippen molar-refractivity contribution in [2.75, 3.05) is 26.2 Å². The topological polar surface area (TPSA) is 106 Å². The van der Waals surface area contributed by atoms with Gasteiger partial charge in [-0.3, -0.25) is 4.90 Å². The molecule has 2 aromatic heterocycles. The van der Waals surface area contributed by atoms with Crippen molar-refractivity contribution in [3.8, 4) is 11.5 Å². The maximum Gasteiger partial charge on any atom is 0.248 e. The average Bonchev–Trinajstić information content (AvgIpc) is 3.29. The van der Waals surface area contributed by atoms with Crippen molar-refractivity contribution < 1.29 is 17.4 Å². The third-order valence-corrected chi connectivity index (χ3v) is 6.89. The number of rotatable bonds is 5. The van der Waals surface area contributed by atoms with Crippen LogP contribution in [0.2, 0.25) is 0 Å². The second kappa shape index (κ2) is 7.46. The molecule has 0 N–H and O–H groups in total. The molecule has 3 heterocycles. The number of sulfonamides is 1. The Hall–Kier alpha value is -2.56. The Bertz CT molecular complexity index is 1030. The highest BCUT2D eigenvalue weighted by Gasteiger charge is 2.33. The van der Waals surface area contributed by atoms with E-state index in [1.807, 2.05) is 30.3 Å². The van der Waals surface area contributed by atoms with Crippen LogP contribution in [-0.4, -0.2) is 59.2 Å². The first-order valence-corrected chi connectivity index (χ1v) is 10.4. The molecule has 1 fully saturated rings. The number of aromatic nitrogens is 3. The lowest BCUT2D eigenvalue weighted by Crippen LogP contribution is -2.48. The first kappa shape index (κ1) is 18.8. The molecule has 148 valence electrons. The molecule has 28 heavy (non-hydrogen) atoms. The van der Waals surface area contributed by atoms with Crippen molar-refractivity contribution in [3.63, 3.8) is 0 Å². The molecule has 0 amide bonds. The molecule has 0 atom stereocenters. The lowest BCUT2D eigenvalue weighted by molar-refractivity contribution is 0.168. The summed E-state index contributed by atoms with van der Waals surface area (Å²) in [6.07, 6.45) is 0. The number of nitrogens with zero attached hydrogens (tertiary/aromatic N) is 5. The highest BCUT2D eigenvalue weighted by Crippen LogP contribution is 2.24. The van der Waals surface area contributed by atoms with Crippen molar-refractivity contribution in [1.82, 2.24) is 24.6 Å². The van der Waals surface area contributed by atoms with E-state index in [0.717, 1.165) is 5.56 Å². The fourth-order valence-corrected chi connectivity index (χ4v) is 5.02. The minimum Gasteiger partial charge on any atom is -0.419 e. The van der Waals surface area contributed by atoms with E-state index in [4.69, 9.17) is 8.94 Å². The quantitative estimate of drug-likeness (QED) is 0.635. The molecule has 3 aromatic rings. The minimum absolute atomic E-state index is 0.172. The van der Waals surface area contributed by atoms with Gasteiger partial charge in [0.2, 0.25) is 21.8 Å². The van der Waals surface area contributed by atoms with Gasteiger partial charge >= 0.3 is 0 Å². The van der Waals surface area contributed by atoms with Crippen molar-refractivity contribution in [2.24, 2.45) is 0 Å². The molecule has 4 rings (SSSR count). The van der Waals surface area contributed by atoms with Gasteiger partial charge in [-0.25, -0.2) is 8.42 Å². The fraction of sp³-hybridized carbons (Fsp3) is 0.389. The van der Waals surface area contributed by atoms with E-state index >= 15 is 0 Å². The second-order valence-electron chi connectivity index (χ2n) is 6.70. The largest absolute Gasteiger partial charge is 0.419 e. The number of benzene rings is 1. The lowest BCUT2D eigenvalue weighted by atomic mass is 10.2. The molecule has 0 radical (unpaired) electrons. The summed E-state index contributed by atoms with van der Waals surface area (Å²) in [6, 6.07) is 9.58. The van der Waals surface area contributed by atoms with Gasteiger partial charge in [-0.1, -0.05) is 23.4 Å². The Morgan fingerprint density at radius 3 is 2.39 bits per heavy atom. The van der Waals surface area contributed by atoms with Crippen molar-refractivity contribution in [2.45, 2.75) is 25.3 Å². The van der Waals surface area contributed by atoms with Gasteiger partial charge in [-0.2, -0.15) is 4.31 Å². The lowest BCUT2D eigenvalue weighted by Gasteiger charge is -2.33. The van der Waals surface area contributed by atoms with Gasteiger partial charge < -0.3 is 8.94 Å². The molecular formula is C18H21N5O4S. The van der Waals surface area contributed by atoms with E-state index in [1.54, 1.807) is 13.8 Å². The van der Waals surface area contributed by atoms with Gasteiger partial charge in [0.15, 0.2) is 5.76 Å². The Balaban J connectivity index is 1.39. The maximum absolute atomic E-state index is 12.9. The van der Waals surface area contributed by atoms with Gasteiger partial charge in [0.1, 0.15) is 10.6 Å². The van der Waals surface area contributed by atoms with Crippen LogP contribution >= 0.6 is 0 Å². The Morgan fingerprint density at radius 1 is 1.04 bits per heavy atom. The monoisotopic (exact) mass is 403 g/mol. The third kappa shape index (κ3) is 3.58. The standard InChI is InChI=1S/C18H21N5O4S/c1-13-17(14(2)27-21-13)28(24,25)23-10-8-22(9-11-23)12-16-19-20-18(26-16)15-6-4-3-5-7-15/h3-7H,8-12H2,1-2H3. The smallest absolute Gasteiger partial charge is 0.248 e. The normalized spacial score (nSPS) is 16.5. The van der Waals surface area contributed by atoms with E-state index in [2.05, 4.69) is 20.3 Å². The summed E-state index contributed by atoms with van der Waals surface area (Å²) in [6.45, 7) is 5.65. The summed E-state index contributed by atoms with van der Waals surface area (Å²) >= 11 is 0. The molecule has 10 heteroatoms. The SMILES string of the molecule is Cc1noc(C)c1S(=O)(=O)N1CCN(Cc2nnc(-c3ccccc3)o2)CC1. The highest BCUT2D eigenvalue weighted by molar-refractivity contribution is 7.89. The Morgan fingerprint density at radius 2 is 1.75 bits per heavy atom. The molecule has 0 spiro atoms. The summed E-state index contributed by atoms with van der Waals surface area (Å²) in [4.78, 5) is 2.27. The van der Waals surface area contributed by atoms with Crippen LogP contribution in [0.4, 0.5) is 0 Å². The average molecular weight is 403 g/mol. The van der Waals surface area contributed by atoms with E-state index < -0.39 is 10.0 Å². The number of aryl methyl sites for hydroxylation is 2. The van der Waals surface area contributed by atoms with Crippen LogP contribution in [0, 0.1) is 13.8 Å². The van der Waals surface area contributed by atoms with Crippen molar-refractivity contribution in [3.05, 3.63) is 47.7 Å². The zero-order chi connectivity index (χ0) is 19.7. The maximum atomic E-state index is 12.9. The van der Waals surface area contributed by atoms with Gasteiger partial charge in [-0.15, -0.1) is 10.2 Å². The first-order chi connectivity index (χ1) is 13.4. The molecule has 0 unspecified atom stereocenters. The summed E-state index contributed by atoms with van der Waals surface area (Å²) in [5.41, 5.74) is 1.26. The van der Waals surface area contributed by atoms with Crippen LogP contribution < -0.4 is 0 Å². The van der Waals surface area contributed by atoms with Crippen LogP contribution in [-0.2, 0) is 16.6 Å².